The van der Waals surface area contributed by atoms with Crippen LogP contribution in [0.3, 0.4) is 0 Å². The van der Waals surface area contributed by atoms with Crippen LogP contribution in [0.5, 0.6) is 0 Å². The summed E-state index contributed by atoms with van der Waals surface area (Å²) in [7, 11) is 0. The third-order valence-electron chi connectivity index (χ3n) is 5.01. The summed E-state index contributed by atoms with van der Waals surface area (Å²) in [5.74, 6) is 1.12. The Kier molecular flexibility index (Phi) is 4.64. The van der Waals surface area contributed by atoms with Crippen molar-refractivity contribution >= 4 is 34.3 Å². The number of hydrogen-bond donors (Lipinski definition) is 2. The van der Waals surface area contributed by atoms with Gasteiger partial charge in [-0.1, -0.05) is 36.9 Å². The summed E-state index contributed by atoms with van der Waals surface area (Å²) < 4.78 is 0. The Hall–Kier alpha value is -2.40. The van der Waals surface area contributed by atoms with E-state index in [2.05, 4.69) is 26.3 Å². The second kappa shape index (κ2) is 7.08. The van der Waals surface area contributed by atoms with E-state index in [1.165, 1.54) is 32.1 Å². The molecular weight excluding hydrogens is 346 g/mol. The smallest absolute Gasteiger partial charge is 0.222 e. The van der Waals surface area contributed by atoms with Crippen molar-refractivity contribution in [2.45, 2.75) is 45.1 Å². The lowest BCUT2D eigenvalue weighted by molar-refractivity contribution is 0.462. The SMILES string of the molecule is Cc1cc(-c2ccc3nc(N)nc(NC4CCCCC4)c3c2)cnc1Cl. The molecule has 0 atom stereocenters. The van der Waals surface area contributed by atoms with Gasteiger partial charge in [0, 0.05) is 23.2 Å². The number of hydrogen-bond acceptors (Lipinski definition) is 5. The third kappa shape index (κ3) is 3.44. The average Bonchev–Trinajstić information content (AvgIpc) is 2.64. The molecule has 0 bridgehead atoms. The van der Waals surface area contributed by atoms with Gasteiger partial charge in [0.15, 0.2) is 0 Å². The number of rotatable bonds is 3. The quantitative estimate of drug-likeness (QED) is 0.638. The molecule has 26 heavy (non-hydrogen) atoms. The number of pyridine rings is 1. The highest BCUT2D eigenvalue weighted by Crippen LogP contribution is 2.30. The summed E-state index contributed by atoms with van der Waals surface area (Å²) in [6.07, 6.45) is 7.98. The van der Waals surface area contributed by atoms with E-state index >= 15 is 0 Å². The first kappa shape index (κ1) is 17.0. The van der Waals surface area contributed by atoms with Crippen LogP contribution in [-0.4, -0.2) is 21.0 Å². The molecule has 1 fully saturated rings. The fourth-order valence-corrected chi connectivity index (χ4v) is 3.70. The van der Waals surface area contributed by atoms with Gasteiger partial charge < -0.3 is 11.1 Å². The van der Waals surface area contributed by atoms with Crippen molar-refractivity contribution < 1.29 is 0 Å². The molecule has 2 heterocycles. The number of nitrogen functional groups attached to an aromatic ring is 1. The van der Waals surface area contributed by atoms with Gasteiger partial charge in [0.1, 0.15) is 11.0 Å². The monoisotopic (exact) mass is 367 g/mol. The number of aromatic nitrogens is 3. The molecule has 0 unspecified atom stereocenters. The van der Waals surface area contributed by atoms with Gasteiger partial charge in [-0.25, -0.2) is 9.97 Å². The van der Waals surface area contributed by atoms with Crippen LogP contribution in [0, 0.1) is 6.92 Å². The minimum Gasteiger partial charge on any atom is -0.368 e. The van der Waals surface area contributed by atoms with E-state index in [0.29, 0.717) is 17.1 Å². The molecule has 0 radical (unpaired) electrons. The van der Waals surface area contributed by atoms with Crippen molar-refractivity contribution in [3.8, 4) is 11.1 Å². The topological polar surface area (TPSA) is 76.7 Å². The number of aryl methyl sites for hydroxylation is 1. The first-order chi connectivity index (χ1) is 12.6. The van der Waals surface area contributed by atoms with Crippen LogP contribution >= 0.6 is 11.6 Å². The van der Waals surface area contributed by atoms with E-state index in [9.17, 15) is 0 Å². The van der Waals surface area contributed by atoms with Crippen molar-refractivity contribution in [1.29, 1.82) is 0 Å². The molecule has 1 aliphatic rings. The Labute approximate surface area is 158 Å². The van der Waals surface area contributed by atoms with E-state index in [0.717, 1.165) is 33.4 Å². The lowest BCUT2D eigenvalue weighted by Crippen LogP contribution is -2.23. The predicted octanol–water partition coefficient (Wildman–Crippen LogP) is 4.98. The number of anilines is 2. The molecule has 1 aliphatic carbocycles. The van der Waals surface area contributed by atoms with Gasteiger partial charge in [-0.05, 0) is 49.1 Å². The summed E-state index contributed by atoms with van der Waals surface area (Å²) in [4.78, 5) is 13.1. The highest BCUT2D eigenvalue weighted by Gasteiger charge is 2.16. The Bertz CT molecular complexity index is 950. The van der Waals surface area contributed by atoms with Crippen molar-refractivity contribution in [3.63, 3.8) is 0 Å². The van der Waals surface area contributed by atoms with Gasteiger partial charge in [0.05, 0.1) is 5.52 Å². The van der Waals surface area contributed by atoms with E-state index in [1.54, 1.807) is 6.20 Å². The maximum atomic E-state index is 6.06. The van der Waals surface area contributed by atoms with Crippen LogP contribution < -0.4 is 11.1 Å². The summed E-state index contributed by atoms with van der Waals surface area (Å²) in [5.41, 5.74) is 9.81. The fraction of sp³-hybridized carbons (Fsp3) is 0.350. The first-order valence-corrected chi connectivity index (χ1v) is 9.44. The van der Waals surface area contributed by atoms with Gasteiger partial charge in [0.2, 0.25) is 5.95 Å². The van der Waals surface area contributed by atoms with Crippen LogP contribution in [0.15, 0.2) is 30.5 Å². The highest BCUT2D eigenvalue weighted by atomic mass is 35.5. The van der Waals surface area contributed by atoms with Gasteiger partial charge in [0.25, 0.3) is 0 Å². The fourth-order valence-electron chi connectivity index (χ4n) is 3.59. The van der Waals surface area contributed by atoms with Crippen LogP contribution in [0.1, 0.15) is 37.7 Å². The Balaban J connectivity index is 1.76. The van der Waals surface area contributed by atoms with Crippen molar-refractivity contribution in [2.75, 3.05) is 11.1 Å². The Morgan fingerprint density at radius 1 is 1.08 bits per heavy atom. The molecular formula is C20H22ClN5. The van der Waals surface area contributed by atoms with E-state index in [4.69, 9.17) is 17.3 Å². The van der Waals surface area contributed by atoms with E-state index in [-0.39, 0.29) is 0 Å². The molecule has 0 spiro atoms. The number of halogens is 1. The molecule has 3 aromatic rings. The van der Waals surface area contributed by atoms with Gasteiger partial charge >= 0.3 is 0 Å². The summed E-state index contributed by atoms with van der Waals surface area (Å²) in [6, 6.07) is 8.61. The molecule has 0 amide bonds. The Morgan fingerprint density at radius 2 is 1.88 bits per heavy atom. The van der Waals surface area contributed by atoms with Gasteiger partial charge in [-0.3, -0.25) is 0 Å². The minimum atomic E-state index is 0.299. The molecule has 0 saturated heterocycles. The zero-order chi connectivity index (χ0) is 18.1. The summed E-state index contributed by atoms with van der Waals surface area (Å²) in [6.45, 7) is 1.96. The highest BCUT2D eigenvalue weighted by molar-refractivity contribution is 6.30. The predicted molar refractivity (Wildman–Crippen MR) is 107 cm³/mol. The van der Waals surface area contributed by atoms with Crippen LogP contribution in [0.4, 0.5) is 11.8 Å². The van der Waals surface area contributed by atoms with Crippen molar-refractivity contribution in [3.05, 3.63) is 41.2 Å². The van der Waals surface area contributed by atoms with Crippen LogP contribution in [-0.2, 0) is 0 Å². The molecule has 4 rings (SSSR count). The molecule has 6 heteroatoms. The summed E-state index contributed by atoms with van der Waals surface area (Å²) >= 11 is 6.06. The zero-order valence-corrected chi connectivity index (χ0v) is 15.6. The Morgan fingerprint density at radius 3 is 2.65 bits per heavy atom. The molecule has 0 aliphatic heterocycles. The second-order valence-corrected chi connectivity index (χ2v) is 7.33. The largest absolute Gasteiger partial charge is 0.368 e. The average molecular weight is 368 g/mol. The van der Waals surface area contributed by atoms with E-state index < -0.39 is 0 Å². The maximum Gasteiger partial charge on any atom is 0.222 e. The lowest BCUT2D eigenvalue weighted by atomic mass is 9.95. The maximum absolute atomic E-state index is 6.06. The number of nitrogens with two attached hydrogens (primary N) is 1. The second-order valence-electron chi connectivity index (χ2n) is 6.97. The zero-order valence-electron chi connectivity index (χ0n) is 14.8. The molecule has 134 valence electrons. The van der Waals surface area contributed by atoms with Crippen LogP contribution in [0.25, 0.3) is 22.0 Å². The molecule has 5 nitrogen and oxygen atoms in total. The van der Waals surface area contributed by atoms with Gasteiger partial charge in [-0.2, -0.15) is 4.98 Å². The number of fused-ring (bicyclic) bond motifs is 1. The first-order valence-electron chi connectivity index (χ1n) is 9.06. The minimum absolute atomic E-state index is 0.299. The third-order valence-corrected chi connectivity index (χ3v) is 5.40. The van der Waals surface area contributed by atoms with Gasteiger partial charge in [-0.15, -0.1) is 0 Å². The van der Waals surface area contributed by atoms with Crippen molar-refractivity contribution in [1.82, 2.24) is 15.0 Å². The normalized spacial score (nSPS) is 15.3. The molecule has 3 N–H and O–H groups in total. The number of nitrogens with zero attached hydrogens (tertiary/aromatic N) is 3. The lowest BCUT2D eigenvalue weighted by Gasteiger charge is -2.24. The number of benzene rings is 1. The number of nitrogens with one attached hydrogen (secondary N) is 1. The molecule has 2 aromatic heterocycles. The molecule has 1 saturated carbocycles. The van der Waals surface area contributed by atoms with E-state index in [1.807, 2.05) is 25.1 Å². The summed E-state index contributed by atoms with van der Waals surface area (Å²) in [5, 5.41) is 5.11. The van der Waals surface area contributed by atoms with Crippen molar-refractivity contribution in [2.24, 2.45) is 0 Å². The van der Waals surface area contributed by atoms with Crippen LogP contribution in [0.2, 0.25) is 5.15 Å². The molecule has 1 aromatic carbocycles. The standard InChI is InChI=1S/C20H22ClN5/c1-12-9-14(11-23-18(12)21)13-7-8-17-16(10-13)19(26-20(22)25-17)24-15-5-3-2-4-6-15/h7-11,15H,2-6H2,1H3,(H3,22,24,25,26).